The van der Waals surface area contributed by atoms with Gasteiger partial charge in [0.05, 0.1) is 18.6 Å². The van der Waals surface area contributed by atoms with E-state index in [1.54, 1.807) is 6.92 Å². The van der Waals surface area contributed by atoms with Gasteiger partial charge in [-0.1, -0.05) is 6.92 Å². The normalized spacial score (nSPS) is 15.6. The van der Waals surface area contributed by atoms with Gasteiger partial charge in [-0.3, -0.25) is 4.79 Å². The average Bonchev–Trinajstić information content (AvgIpc) is 2.03. The van der Waals surface area contributed by atoms with Crippen LogP contribution in [0, 0.1) is 5.92 Å². The van der Waals surface area contributed by atoms with Crippen LogP contribution in [0.2, 0.25) is 0 Å². The lowest BCUT2D eigenvalue weighted by molar-refractivity contribution is -0.140. The molecule has 0 radical (unpaired) electrons. The van der Waals surface area contributed by atoms with E-state index >= 15 is 0 Å². The van der Waals surface area contributed by atoms with Gasteiger partial charge in [0.15, 0.2) is 0 Å². The first kappa shape index (κ1) is 11.7. The topological polar surface area (TPSA) is 77.8 Å². The summed E-state index contributed by atoms with van der Waals surface area (Å²) in [6.45, 7) is 1.34. The summed E-state index contributed by atoms with van der Waals surface area (Å²) >= 11 is 1.33. The molecule has 0 heterocycles. The molecule has 2 unspecified atom stereocenters. The lowest BCUT2D eigenvalue weighted by Crippen LogP contribution is -2.17. The molecule has 0 aromatic heterocycles. The number of aliphatic hydroxyl groups is 2. The molecule has 5 heteroatoms. The van der Waals surface area contributed by atoms with Crippen LogP contribution in [0.3, 0.4) is 0 Å². The van der Waals surface area contributed by atoms with Gasteiger partial charge in [-0.15, -0.1) is 0 Å². The van der Waals surface area contributed by atoms with E-state index < -0.39 is 18.0 Å². The molecule has 0 saturated carbocycles. The van der Waals surface area contributed by atoms with Crippen LogP contribution < -0.4 is 0 Å². The molecule has 0 aliphatic rings. The van der Waals surface area contributed by atoms with Crippen LogP contribution in [-0.2, 0) is 4.79 Å². The van der Waals surface area contributed by atoms with E-state index in [-0.39, 0.29) is 6.61 Å². The van der Waals surface area contributed by atoms with Gasteiger partial charge in [-0.05, 0) is 0 Å². The molecule has 4 nitrogen and oxygen atoms in total. The van der Waals surface area contributed by atoms with Gasteiger partial charge < -0.3 is 15.3 Å². The zero-order chi connectivity index (χ0) is 9.56. The predicted octanol–water partition coefficient (Wildman–Crippen LogP) is -0.206. The number of carboxylic acid groups (broad SMARTS) is 1. The summed E-state index contributed by atoms with van der Waals surface area (Å²) < 4.78 is 0. The summed E-state index contributed by atoms with van der Waals surface area (Å²) in [7, 11) is 0. The standard InChI is InChI=1S/C7H14O4S/c1-5(7(10)11)3-12-4-6(9)2-8/h5-6,8-9H,2-4H2,1H3,(H,10,11). The molecule has 72 valence electrons. The van der Waals surface area contributed by atoms with Crippen molar-refractivity contribution < 1.29 is 20.1 Å². The molecule has 12 heavy (non-hydrogen) atoms. The molecule has 3 N–H and O–H groups in total. The minimum atomic E-state index is -0.832. The fourth-order valence-corrected chi connectivity index (χ4v) is 1.51. The van der Waals surface area contributed by atoms with Crippen LogP contribution in [-0.4, -0.2) is 45.5 Å². The van der Waals surface area contributed by atoms with E-state index in [2.05, 4.69) is 0 Å². The molecule has 2 atom stereocenters. The minimum absolute atomic E-state index is 0.269. The Morgan fingerprint density at radius 2 is 2.08 bits per heavy atom. The maximum atomic E-state index is 10.3. The zero-order valence-electron chi connectivity index (χ0n) is 6.93. The van der Waals surface area contributed by atoms with E-state index in [4.69, 9.17) is 15.3 Å². The fourth-order valence-electron chi connectivity index (χ4n) is 0.505. The molecule has 0 spiro atoms. The first-order chi connectivity index (χ1) is 5.57. The summed E-state index contributed by atoms with van der Waals surface area (Å²) in [6.07, 6.45) is -0.740. The van der Waals surface area contributed by atoms with Gasteiger partial charge in [0.25, 0.3) is 0 Å². The first-order valence-electron chi connectivity index (χ1n) is 3.67. The Kier molecular flexibility index (Phi) is 6.14. The van der Waals surface area contributed by atoms with Gasteiger partial charge >= 0.3 is 5.97 Å². The van der Waals surface area contributed by atoms with Gasteiger partial charge in [0.2, 0.25) is 0 Å². The van der Waals surface area contributed by atoms with Crippen LogP contribution in [0.1, 0.15) is 6.92 Å². The number of rotatable bonds is 6. The second-order valence-corrected chi connectivity index (χ2v) is 3.69. The summed E-state index contributed by atoms with van der Waals surface area (Å²) in [5.41, 5.74) is 0. The van der Waals surface area contributed by atoms with Crippen LogP contribution in [0.5, 0.6) is 0 Å². The highest BCUT2D eigenvalue weighted by atomic mass is 32.2. The maximum absolute atomic E-state index is 10.3. The fraction of sp³-hybridized carbons (Fsp3) is 0.857. The van der Waals surface area contributed by atoms with Crippen molar-refractivity contribution in [3.63, 3.8) is 0 Å². The van der Waals surface area contributed by atoms with Crippen LogP contribution >= 0.6 is 11.8 Å². The van der Waals surface area contributed by atoms with Crippen molar-refractivity contribution in [2.75, 3.05) is 18.1 Å². The molecule has 0 aliphatic carbocycles. The van der Waals surface area contributed by atoms with Crippen molar-refractivity contribution in [2.24, 2.45) is 5.92 Å². The Balaban J connectivity index is 3.37. The molecule has 0 rings (SSSR count). The summed E-state index contributed by atoms with van der Waals surface area (Å²) in [5, 5.41) is 25.8. The highest BCUT2D eigenvalue weighted by Crippen LogP contribution is 2.09. The third kappa shape index (κ3) is 5.40. The smallest absolute Gasteiger partial charge is 0.307 e. The van der Waals surface area contributed by atoms with Gasteiger partial charge in [-0.2, -0.15) is 11.8 Å². The Morgan fingerprint density at radius 1 is 1.50 bits per heavy atom. The van der Waals surface area contributed by atoms with Crippen LogP contribution in [0.15, 0.2) is 0 Å². The number of thioether (sulfide) groups is 1. The van der Waals surface area contributed by atoms with E-state index in [1.807, 2.05) is 0 Å². The number of hydrogen-bond acceptors (Lipinski definition) is 4. The Labute approximate surface area is 75.6 Å². The van der Waals surface area contributed by atoms with Crippen LogP contribution in [0.25, 0.3) is 0 Å². The Hall–Kier alpha value is -0.260. The molecular weight excluding hydrogens is 180 g/mol. The van der Waals surface area contributed by atoms with E-state index in [9.17, 15) is 4.79 Å². The van der Waals surface area contributed by atoms with Gasteiger partial charge in [0.1, 0.15) is 0 Å². The molecule has 0 aliphatic heterocycles. The first-order valence-corrected chi connectivity index (χ1v) is 4.82. The molecule has 0 fully saturated rings. The second-order valence-electron chi connectivity index (χ2n) is 2.61. The zero-order valence-corrected chi connectivity index (χ0v) is 7.75. The Bertz CT molecular complexity index is 139. The quantitative estimate of drug-likeness (QED) is 0.545. The highest BCUT2D eigenvalue weighted by molar-refractivity contribution is 7.99. The molecule has 0 aromatic rings. The summed E-state index contributed by atoms with van der Waals surface area (Å²) in [6, 6.07) is 0. The third-order valence-electron chi connectivity index (χ3n) is 1.31. The van der Waals surface area contributed by atoms with Crippen LogP contribution in [0.4, 0.5) is 0 Å². The summed E-state index contributed by atoms with van der Waals surface area (Å²) in [4.78, 5) is 10.3. The maximum Gasteiger partial charge on any atom is 0.307 e. The molecule has 0 bridgehead atoms. The van der Waals surface area contributed by atoms with Crippen molar-refractivity contribution in [1.29, 1.82) is 0 Å². The van der Waals surface area contributed by atoms with E-state index in [1.165, 1.54) is 11.8 Å². The lowest BCUT2D eigenvalue weighted by Gasteiger charge is -2.08. The van der Waals surface area contributed by atoms with E-state index in [0.717, 1.165) is 0 Å². The monoisotopic (exact) mass is 194 g/mol. The largest absolute Gasteiger partial charge is 0.481 e. The van der Waals surface area contributed by atoms with Crippen molar-refractivity contribution in [3.8, 4) is 0 Å². The predicted molar refractivity (Wildman–Crippen MR) is 47.2 cm³/mol. The van der Waals surface area contributed by atoms with E-state index in [0.29, 0.717) is 11.5 Å². The number of carboxylic acids is 1. The highest BCUT2D eigenvalue weighted by Gasteiger charge is 2.11. The van der Waals surface area contributed by atoms with Crippen molar-refractivity contribution in [1.82, 2.24) is 0 Å². The second kappa shape index (κ2) is 6.28. The molecule has 0 aromatic carbocycles. The average molecular weight is 194 g/mol. The van der Waals surface area contributed by atoms with Gasteiger partial charge in [0, 0.05) is 11.5 Å². The SMILES string of the molecule is CC(CSCC(O)CO)C(=O)O. The minimum Gasteiger partial charge on any atom is -0.481 e. The van der Waals surface area contributed by atoms with Crippen molar-refractivity contribution in [3.05, 3.63) is 0 Å². The number of carbonyl (C=O) groups is 1. The van der Waals surface area contributed by atoms with Crippen molar-refractivity contribution in [2.45, 2.75) is 13.0 Å². The molecule has 0 saturated heterocycles. The summed E-state index contributed by atoms with van der Waals surface area (Å²) in [5.74, 6) is -0.387. The van der Waals surface area contributed by atoms with Crippen molar-refractivity contribution >= 4 is 17.7 Å². The van der Waals surface area contributed by atoms with Gasteiger partial charge in [-0.25, -0.2) is 0 Å². The number of aliphatic carboxylic acids is 1. The molecule has 0 amide bonds. The number of hydrogen-bond donors (Lipinski definition) is 3. The number of aliphatic hydroxyl groups excluding tert-OH is 2. The molecular formula is C7H14O4S. The third-order valence-corrected chi connectivity index (χ3v) is 2.67. The lowest BCUT2D eigenvalue weighted by atomic mass is 10.2. The Morgan fingerprint density at radius 3 is 2.50 bits per heavy atom.